The Morgan fingerprint density at radius 2 is 1.73 bits per heavy atom. The second kappa shape index (κ2) is 1.97. The molecule has 1 atom stereocenters. The molecule has 1 unspecified atom stereocenters. The average molecular weight is 180 g/mol. The van der Waals surface area contributed by atoms with E-state index in [-0.39, 0.29) is 6.42 Å². The first kappa shape index (κ1) is 8.96. The number of hydrogen-bond donors (Lipinski definition) is 2. The van der Waals surface area contributed by atoms with Crippen molar-refractivity contribution in [2.24, 2.45) is 5.41 Å². The number of hydrogen-bond acceptors (Lipinski definition) is 3. The highest BCUT2D eigenvalue weighted by molar-refractivity contribution is 7.87. The molecule has 4 nitrogen and oxygen atoms in total. The highest BCUT2D eigenvalue weighted by Gasteiger charge is 2.60. The van der Waals surface area contributed by atoms with E-state index >= 15 is 0 Å². The third-order valence-electron chi connectivity index (χ3n) is 2.57. The van der Waals surface area contributed by atoms with Gasteiger partial charge in [0, 0.05) is 5.41 Å². The van der Waals surface area contributed by atoms with Gasteiger partial charge in [0.2, 0.25) is 0 Å². The standard InChI is InChI=1S/C6H12O4S/c1-5(2)3-4-6(5,7)11(8,9)10/h7H,3-4H2,1-2H3,(H,8,9,10). The average Bonchev–Trinajstić information content (AvgIpc) is 1.81. The van der Waals surface area contributed by atoms with Crippen LogP contribution in [0.3, 0.4) is 0 Å². The fourth-order valence-electron chi connectivity index (χ4n) is 1.32. The second-order valence-corrected chi connectivity index (χ2v) is 5.27. The summed E-state index contributed by atoms with van der Waals surface area (Å²) in [5.41, 5.74) is -0.722. The lowest BCUT2D eigenvalue weighted by atomic mass is 9.68. The van der Waals surface area contributed by atoms with Crippen molar-refractivity contribution in [2.45, 2.75) is 31.6 Å². The smallest absolute Gasteiger partial charge is 0.295 e. The minimum Gasteiger partial charge on any atom is -0.372 e. The lowest BCUT2D eigenvalue weighted by Gasteiger charge is -2.49. The van der Waals surface area contributed by atoms with Crippen molar-refractivity contribution in [1.82, 2.24) is 0 Å². The zero-order valence-electron chi connectivity index (χ0n) is 6.53. The summed E-state index contributed by atoms with van der Waals surface area (Å²) in [6, 6.07) is 0. The molecule has 0 aromatic heterocycles. The summed E-state index contributed by atoms with van der Waals surface area (Å²) in [5, 5.41) is 9.44. The molecular weight excluding hydrogens is 168 g/mol. The van der Waals surface area contributed by atoms with Crippen molar-refractivity contribution < 1.29 is 18.1 Å². The third kappa shape index (κ3) is 0.988. The molecule has 0 heterocycles. The van der Waals surface area contributed by atoms with Crippen LogP contribution in [0, 0.1) is 5.41 Å². The normalized spacial score (nSPS) is 36.4. The van der Waals surface area contributed by atoms with Gasteiger partial charge in [0.1, 0.15) is 0 Å². The van der Waals surface area contributed by atoms with Gasteiger partial charge in [0.25, 0.3) is 10.1 Å². The zero-order valence-corrected chi connectivity index (χ0v) is 7.35. The SMILES string of the molecule is CC1(C)CCC1(O)S(=O)(=O)O. The van der Waals surface area contributed by atoms with Gasteiger partial charge in [-0.3, -0.25) is 4.55 Å². The van der Waals surface area contributed by atoms with Crippen LogP contribution in [0.2, 0.25) is 0 Å². The molecule has 0 aromatic rings. The van der Waals surface area contributed by atoms with Crippen LogP contribution in [0.15, 0.2) is 0 Å². The van der Waals surface area contributed by atoms with Gasteiger partial charge in [-0.25, -0.2) is 0 Å². The van der Waals surface area contributed by atoms with Gasteiger partial charge < -0.3 is 5.11 Å². The molecule has 0 spiro atoms. The monoisotopic (exact) mass is 180 g/mol. The van der Waals surface area contributed by atoms with Crippen molar-refractivity contribution in [3.05, 3.63) is 0 Å². The fraction of sp³-hybridized carbons (Fsp3) is 1.00. The minimum absolute atomic E-state index is 0.124. The maximum Gasteiger partial charge on any atom is 0.295 e. The van der Waals surface area contributed by atoms with E-state index in [1.807, 2.05) is 0 Å². The van der Waals surface area contributed by atoms with Gasteiger partial charge in [0.05, 0.1) is 0 Å². The summed E-state index contributed by atoms with van der Waals surface area (Å²) in [5.74, 6) is 0. The predicted octanol–water partition coefficient (Wildman–Crippen LogP) is 0.383. The molecule has 66 valence electrons. The van der Waals surface area contributed by atoms with E-state index in [1.54, 1.807) is 13.8 Å². The molecule has 1 rings (SSSR count). The Morgan fingerprint density at radius 3 is 1.73 bits per heavy atom. The van der Waals surface area contributed by atoms with Crippen molar-refractivity contribution in [2.75, 3.05) is 0 Å². The van der Waals surface area contributed by atoms with E-state index in [0.717, 1.165) is 0 Å². The van der Waals surface area contributed by atoms with E-state index < -0.39 is 20.5 Å². The predicted molar refractivity (Wildman–Crippen MR) is 39.5 cm³/mol. The van der Waals surface area contributed by atoms with Crippen LogP contribution in [0.5, 0.6) is 0 Å². The van der Waals surface area contributed by atoms with Gasteiger partial charge >= 0.3 is 0 Å². The van der Waals surface area contributed by atoms with E-state index in [4.69, 9.17) is 4.55 Å². The van der Waals surface area contributed by atoms with E-state index in [0.29, 0.717) is 6.42 Å². The highest BCUT2D eigenvalue weighted by atomic mass is 32.2. The molecule has 2 N–H and O–H groups in total. The van der Waals surface area contributed by atoms with Crippen molar-refractivity contribution in [1.29, 1.82) is 0 Å². The summed E-state index contributed by atoms with van der Waals surface area (Å²) in [4.78, 5) is -1.92. The Morgan fingerprint density at radius 1 is 1.27 bits per heavy atom. The lowest BCUT2D eigenvalue weighted by molar-refractivity contribution is -0.0842. The van der Waals surface area contributed by atoms with Gasteiger partial charge in [-0.1, -0.05) is 13.8 Å². The van der Waals surface area contributed by atoms with E-state index in [9.17, 15) is 13.5 Å². The molecule has 0 aromatic carbocycles. The maximum absolute atomic E-state index is 10.7. The first-order valence-electron chi connectivity index (χ1n) is 3.40. The maximum atomic E-state index is 10.7. The Balaban J connectivity index is 3.05. The second-order valence-electron chi connectivity index (χ2n) is 3.64. The Kier molecular flexibility index (Phi) is 1.60. The quantitative estimate of drug-likeness (QED) is 0.572. The molecule has 0 saturated heterocycles. The van der Waals surface area contributed by atoms with Crippen molar-refractivity contribution in [3.63, 3.8) is 0 Å². The molecule has 0 amide bonds. The Labute approximate surface area is 66.0 Å². The molecule has 5 heteroatoms. The summed E-state index contributed by atoms with van der Waals surface area (Å²) in [7, 11) is -4.32. The van der Waals surface area contributed by atoms with Crippen molar-refractivity contribution in [3.8, 4) is 0 Å². The molecule has 11 heavy (non-hydrogen) atoms. The zero-order chi connectivity index (χ0) is 8.91. The lowest BCUT2D eigenvalue weighted by Crippen LogP contribution is -2.58. The van der Waals surface area contributed by atoms with Crippen LogP contribution in [-0.2, 0) is 10.1 Å². The summed E-state index contributed by atoms with van der Waals surface area (Å²) in [6.45, 7) is 3.23. The highest BCUT2D eigenvalue weighted by Crippen LogP contribution is 2.51. The summed E-state index contributed by atoms with van der Waals surface area (Å²) in [6.07, 6.45) is 0.738. The van der Waals surface area contributed by atoms with Gasteiger partial charge in [-0.2, -0.15) is 8.42 Å². The summed E-state index contributed by atoms with van der Waals surface area (Å²) >= 11 is 0. The van der Waals surface area contributed by atoms with Gasteiger partial charge in [-0.05, 0) is 12.8 Å². The Hall–Kier alpha value is -0.130. The molecule has 1 saturated carbocycles. The molecule has 0 aliphatic heterocycles. The molecule has 0 bridgehead atoms. The third-order valence-corrected chi connectivity index (χ3v) is 4.18. The van der Waals surface area contributed by atoms with Crippen LogP contribution in [0.25, 0.3) is 0 Å². The molecule has 1 fully saturated rings. The molecule has 1 aliphatic carbocycles. The van der Waals surface area contributed by atoms with Crippen LogP contribution in [0.4, 0.5) is 0 Å². The largest absolute Gasteiger partial charge is 0.372 e. The number of aliphatic hydroxyl groups is 1. The van der Waals surface area contributed by atoms with Crippen LogP contribution < -0.4 is 0 Å². The first-order valence-corrected chi connectivity index (χ1v) is 4.84. The van der Waals surface area contributed by atoms with Crippen LogP contribution in [-0.4, -0.2) is 23.0 Å². The van der Waals surface area contributed by atoms with Gasteiger partial charge in [-0.15, -0.1) is 0 Å². The topological polar surface area (TPSA) is 74.6 Å². The number of rotatable bonds is 1. The van der Waals surface area contributed by atoms with Crippen molar-refractivity contribution >= 4 is 10.1 Å². The Bertz CT molecular complexity index is 266. The fourth-order valence-corrected chi connectivity index (χ4v) is 2.48. The molecule has 1 aliphatic rings. The molecular formula is C6H12O4S. The van der Waals surface area contributed by atoms with E-state index in [1.165, 1.54) is 0 Å². The first-order chi connectivity index (χ1) is 4.71. The van der Waals surface area contributed by atoms with E-state index in [2.05, 4.69) is 0 Å². The summed E-state index contributed by atoms with van der Waals surface area (Å²) < 4.78 is 30.0. The van der Waals surface area contributed by atoms with Crippen LogP contribution >= 0.6 is 0 Å². The van der Waals surface area contributed by atoms with Gasteiger partial charge in [0.15, 0.2) is 4.93 Å². The minimum atomic E-state index is -4.32. The molecule has 0 radical (unpaired) electrons. The van der Waals surface area contributed by atoms with Crippen LogP contribution in [0.1, 0.15) is 26.7 Å².